The van der Waals surface area contributed by atoms with Crippen molar-refractivity contribution < 1.29 is 27.9 Å². The molecule has 0 amide bonds. The molecule has 2 aromatic carbocycles. The third kappa shape index (κ3) is 7.51. The Morgan fingerprint density at radius 2 is 1.58 bits per heavy atom. The molecule has 7 heteroatoms. The van der Waals surface area contributed by atoms with Gasteiger partial charge in [-0.3, -0.25) is 9.59 Å². The molecule has 2 aromatic rings. The van der Waals surface area contributed by atoms with E-state index in [-0.39, 0.29) is 40.6 Å². The van der Waals surface area contributed by atoms with Gasteiger partial charge in [0.2, 0.25) is 0 Å². The van der Waals surface area contributed by atoms with Crippen molar-refractivity contribution in [2.75, 3.05) is 5.75 Å². The quantitative estimate of drug-likeness (QED) is 0.453. The molecule has 0 fully saturated rings. The van der Waals surface area contributed by atoms with Gasteiger partial charge in [-0.25, -0.2) is 8.42 Å². The van der Waals surface area contributed by atoms with E-state index >= 15 is 0 Å². The minimum Gasteiger partial charge on any atom is -0.481 e. The third-order valence-electron chi connectivity index (χ3n) is 4.97. The maximum absolute atomic E-state index is 12.4. The topological polar surface area (TPSA) is 97.7 Å². The molecule has 168 valence electrons. The lowest BCUT2D eigenvalue weighted by molar-refractivity contribution is -0.138. The van der Waals surface area contributed by atoms with Crippen LogP contribution in [-0.4, -0.2) is 31.2 Å². The molecule has 2 rings (SSSR count). The van der Waals surface area contributed by atoms with Gasteiger partial charge in [0.25, 0.3) is 0 Å². The van der Waals surface area contributed by atoms with E-state index in [1.54, 1.807) is 6.92 Å². The molecule has 0 aromatic heterocycles. The Bertz CT molecular complexity index is 1000. The molecule has 1 N–H and O–H groups in total. The first-order valence-electron chi connectivity index (χ1n) is 10.2. The Kier molecular flexibility index (Phi) is 8.01. The number of hydrogen-bond donors (Lipinski definition) is 1. The molecule has 0 aliphatic heterocycles. The Hall–Kier alpha value is -2.67. The highest BCUT2D eigenvalue weighted by molar-refractivity contribution is 7.91. The fraction of sp³-hybridized carbons (Fsp3) is 0.417. The molecule has 1 atom stereocenters. The number of carboxylic acid groups (broad SMARTS) is 1. The highest BCUT2D eigenvalue weighted by Crippen LogP contribution is 2.24. The standard InChI is InChI=1S/C24H30O6S/c1-17(16-18-7-9-19(10-8-18)24(2,3)4)23(27)30-20-11-13-21(14-12-20)31(28,29)15-5-6-22(25)26/h7-14,17H,5-6,15-16H2,1-4H3,(H,25,26). The van der Waals surface area contributed by atoms with Gasteiger partial charge in [-0.2, -0.15) is 0 Å². The highest BCUT2D eigenvalue weighted by atomic mass is 32.2. The summed E-state index contributed by atoms with van der Waals surface area (Å²) in [6.45, 7) is 8.24. The monoisotopic (exact) mass is 446 g/mol. The zero-order valence-electron chi connectivity index (χ0n) is 18.4. The summed E-state index contributed by atoms with van der Waals surface area (Å²) in [7, 11) is -3.58. The lowest BCUT2D eigenvalue weighted by Gasteiger charge is -2.19. The SMILES string of the molecule is CC(Cc1ccc(C(C)(C)C)cc1)C(=O)Oc1ccc(S(=O)(=O)CCCC(=O)O)cc1. The van der Waals surface area contributed by atoms with E-state index in [2.05, 4.69) is 32.9 Å². The third-order valence-corrected chi connectivity index (χ3v) is 6.79. The maximum Gasteiger partial charge on any atom is 0.314 e. The predicted octanol–water partition coefficient (Wildman–Crippen LogP) is 4.41. The zero-order chi connectivity index (χ0) is 23.2. The number of benzene rings is 2. The van der Waals surface area contributed by atoms with E-state index in [1.807, 2.05) is 12.1 Å². The largest absolute Gasteiger partial charge is 0.481 e. The number of carboxylic acids is 1. The van der Waals surface area contributed by atoms with Crippen LogP contribution in [0.2, 0.25) is 0 Å². The van der Waals surface area contributed by atoms with Gasteiger partial charge in [0.05, 0.1) is 16.6 Å². The molecule has 0 radical (unpaired) electrons. The smallest absolute Gasteiger partial charge is 0.314 e. The van der Waals surface area contributed by atoms with E-state index in [0.29, 0.717) is 6.42 Å². The van der Waals surface area contributed by atoms with Crippen LogP contribution in [0.5, 0.6) is 5.75 Å². The molecule has 6 nitrogen and oxygen atoms in total. The first-order valence-corrected chi connectivity index (χ1v) is 11.9. The molecular formula is C24H30O6S. The van der Waals surface area contributed by atoms with Crippen molar-refractivity contribution in [2.24, 2.45) is 5.92 Å². The molecule has 31 heavy (non-hydrogen) atoms. The van der Waals surface area contributed by atoms with Crippen LogP contribution in [0, 0.1) is 5.92 Å². The average molecular weight is 447 g/mol. The molecular weight excluding hydrogens is 416 g/mol. The lowest BCUT2D eigenvalue weighted by Crippen LogP contribution is -2.20. The highest BCUT2D eigenvalue weighted by Gasteiger charge is 2.19. The number of sulfone groups is 1. The van der Waals surface area contributed by atoms with Crippen molar-refractivity contribution in [2.45, 2.75) is 57.3 Å². The minimum atomic E-state index is -3.58. The van der Waals surface area contributed by atoms with Crippen molar-refractivity contribution in [3.63, 3.8) is 0 Å². The van der Waals surface area contributed by atoms with Crippen molar-refractivity contribution in [1.29, 1.82) is 0 Å². The summed E-state index contributed by atoms with van der Waals surface area (Å²) in [6.07, 6.45) is 0.383. The van der Waals surface area contributed by atoms with Crippen molar-refractivity contribution in [1.82, 2.24) is 0 Å². The fourth-order valence-electron chi connectivity index (χ4n) is 3.04. The van der Waals surface area contributed by atoms with Gasteiger partial charge in [-0.15, -0.1) is 0 Å². The van der Waals surface area contributed by atoms with Gasteiger partial charge < -0.3 is 9.84 Å². The average Bonchev–Trinajstić information content (AvgIpc) is 2.67. The van der Waals surface area contributed by atoms with E-state index in [9.17, 15) is 18.0 Å². The van der Waals surface area contributed by atoms with Gasteiger partial charge >= 0.3 is 11.9 Å². The maximum atomic E-state index is 12.4. The van der Waals surface area contributed by atoms with E-state index in [0.717, 1.165) is 5.56 Å². The zero-order valence-corrected chi connectivity index (χ0v) is 19.2. The normalized spacial score (nSPS) is 12.9. The fourth-order valence-corrected chi connectivity index (χ4v) is 4.35. The van der Waals surface area contributed by atoms with Crippen LogP contribution in [0.4, 0.5) is 0 Å². The number of esters is 1. The molecule has 0 heterocycles. The first kappa shape index (κ1) is 24.6. The lowest BCUT2D eigenvalue weighted by atomic mass is 9.86. The van der Waals surface area contributed by atoms with Gasteiger partial charge in [0, 0.05) is 6.42 Å². The summed E-state index contributed by atoms with van der Waals surface area (Å²) in [5, 5.41) is 8.64. The van der Waals surface area contributed by atoms with Crippen LogP contribution < -0.4 is 4.74 Å². The van der Waals surface area contributed by atoms with Crippen LogP contribution in [-0.2, 0) is 31.3 Å². The molecule has 0 spiro atoms. The van der Waals surface area contributed by atoms with Crippen LogP contribution >= 0.6 is 0 Å². The second-order valence-corrected chi connectivity index (χ2v) is 10.9. The Labute approximate surface area is 184 Å². The molecule has 0 aliphatic rings. The second-order valence-electron chi connectivity index (χ2n) is 8.76. The Morgan fingerprint density at radius 1 is 1.00 bits per heavy atom. The molecule has 0 bridgehead atoms. The summed E-state index contributed by atoms with van der Waals surface area (Å²) in [5.41, 5.74) is 2.34. The van der Waals surface area contributed by atoms with Crippen LogP contribution in [0.3, 0.4) is 0 Å². The molecule has 0 saturated carbocycles. The number of ether oxygens (including phenoxy) is 1. The first-order chi connectivity index (χ1) is 14.4. The van der Waals surface area contributed by atoms with Gasteiger partial charge in [-0.1, -0.05) is 52.0 Å². The minimum absolute atomic E-state index is 0.0443. The second kappa shape index (κ2) is 10.1. The summed E-state index contributed by atoms with van der Waals surface area (Å²) in [6, 6.07) is 13.8. The van der Waals surface area contributed by atoms with Crippen LogP contribution in [0.1, 0.15) is 51.7 Å². The summed E-state index contributed by atoms with van der Waals surface area (Å²) >= 11 is 0. The number of carbonyl (C=O) groups excluding carboxylic acids is 1. The van der Waals surface area contributed by atoms with Crippen LogP contribution in [0.25, 0.3) is 0 Å². The number of carbonyl (C=O) groups is 2. The van der Waals surface area contributed by atoms with Crippen molar-refractivity contribution in [3.05, 3.63) is 59.7 Å². The summed E-state index contributed by atoms with van der Waals surface area (Å²) in [4.78, 5) is 23.1. The van der Waals surface area contributed by atoms with Gasteiger partial charge in [0.1, 0.15) is 5.75 Å². The van der Waals surface area contributed by atoms with E-state index in [4.69, 9.17) is 9.84 Å². The van der Waals surface area contributed by atoms with Crippen molar-refractivity contribution in [3.8, 4) is 5.75 Å². The van der Waals surface area contributed by atoms with Gasteiger partial charge in [0.15, 0.2) is 9.84 Å². The summed E-state index contributed by atoms with van der Waals surface area (Å²) in [5.74, 6) is -1.76. The number of hydrogen-bond acceptors (Lipinski definition) is 5. The van der Waals surface area contributed by atoms with Crippen molar-refractivity contribution >= 4 is 21.8 Å². The number of aliphatic carboxylic acids is 1. The van der Waals surface area contributed by atoms with E-state index in [1.165, 1.54) is 29.8 Å². The van der Waals surface area contributed by atoms with E-state index < -0.39 is 21.8 Å². The Balaban J connectivity index is 1.95. The predicted molar refractivity (Wildman–Crippen MR) is 119 cm³/mol. The molecule has 1 unspecified atom stereocenters. The molecule has 0 saturated heterocycles. The van der Waals surface area contributed by atoms with Crippen LogP contribution in [0.15, 0.2) is 53.4 Å². The Morgan fingerprint density at radius 3 is 2.10 bits per heavy atom. The number of rotatable bonds is 9. The van der Waals surface area contributed by atoms with Gasteiger partial charge in [-0.05, 0) is 53.6 Å². The molecule has 0 aliphatic carbocycles. The summed E-state index contributed by atoms with van der Waals surface area (Å²) < 4.78 is 29.9.